The summed E-state index contributed by atoms with van der Waals surface area (Å²) in [6.45, 7) is 13.8. The summed E-state index contributed by atoms with van der Waals surface area (Å²) in [6.07, 6.45) is 1.21. The van der Waals surface area contributed by atoms with Crippen LogP contribution in [0.4, 0.5) is 9.18 Å². The van der Waals surface area contributed by atoms with Gasteiger partial charge >= 0.3 is 6.09 Å². The van der Waals surface area contributed by atoms with Crippen LogP contribution in [-0.4, -0.2) is 53.1 Å². The van der Waals surface area contributed by atoms with Gasteiger partial charge in [0.05, 0.1) is 5.56 Å². The lowest BCUT2D eigenvalue weighted by Gasteiger charge is -2.40. The Bertz CT molecular complexity index is 725. The van der Waals surface area contributed by atoms with E-state index in [1.807, 2.05) is 27.7 Å². The molecule has 26 heavy (non-hydrogen) atoms. The molecule has 0 saturated carbocycles. The minimum atomic E-state index is -0.570. The summed E-state index contributed by atoms with van der Waals surface area (Å²) >= 11 is 0. The second-order valence-electron chi connectivity index (χ2n) is 7.67. The van der Waals surface area contributed by atoms with Crippen LogP contribution >= 0.6 is 0 Å². The first kappa shape index (κ1) is 19.9. The first-order valence-corrected chi connectivity index (χ1v) is 8.75. The molecule has 1 aromatic carbocycles. The number of aryl methyl sites for hydroxylation is 1. The van der Waals surface area contributed by atoms with Gasteiger partial charge < -0.3 is 14.5 Å². The molecule has 0 unspecified atom stereocenters. The smallest absolute Gasteiger partial charge is 0.410 e. The Balaban J connectivity index is 2.13. The highest BCUT2D eigenvalue weighted by molar-refractivity contribution is 5.95. The molecule has 0 spiro atoms. The number of benzene rings is 1. The molecule has 1 atom stereocenters. The lowest BCUT2D eigenvalue weighted by atomic mass is 10.0. The van der Waals surface area contributed by atoms with E-state index in [9.17, 15) is 14.0 Å². The quantitative estimate of drug-likeness (QED) is 0.803. The molecule has 2 rings (SSSR count). The number of hydrogen-bond donors (Lipinski definition) is 0. The molecule has 5 nitrogen and oxygen atoms in total. The number of amides is 2. The van der Waals surface area contributed by atoms with Gasteiger partial charge in [-0.2, -0.15) is 0 Å². The number of ether oxygens (including phenoxy) is 1. The van der Waals surface area contributed by atoms with Gasteiger partial charge in [-0.3, -0.25) is 4.79 Å². The normalized spacial score (nSPS) is 17.8. The molecule has 0 radical (unpaired) electrons. The SMILES string of the molecule is C=Cc1cc(C(=O)N2CCN(C(=O)OC(C)(C)C)C[C@H]2C)c(F)cc1C. The number of nitrogens with zero attached hydrogens (tertiary/aromatic N) is 2. The Morgan fingerprint density at radius 2 is 1.96 bits per heavy atom. The molecule has 1 heterocycles. The van der Waals surface area contributed by atoms with Crippen LogP contribution in [0.25, 0.3) is 6.08 Å². The van der Waals surface area contributed by atoms with E-state index in [0.717, 1.165) is 11.1 Å². The van der Waals surface area contributed by atoms with Crippen LogP contribution in [0.5, 0.6) is 0 Å². The predicted octanol–water partition coefficient (Wildman–Crippen LogP) is 3.86. The number of rotatable bonds is 2. The molecule has 0 N–H and O–H groups in total. The van der Waals surface area contributed by atoms with Crippen molar-refractivity contribution in [3.8, 4) is 0 Å². The molecule has 1 aromatic rings. The van der Waals surface area contributed by atoms with Crippen LogP contribution in [-0.2, 0) is 4.74 Å². The van der Waals surface area contributed by atoms with E-state index in [4.69, 9.17) is 4.74 Å². The van der Waals surface area contributed by atoms with Crippen LogP contribution in [0.3, 0.4) is 0 Å². The van der Waals surface area contributed by atoms with Crippen molar-refractivity contribution in [3.63, 3.8) is 0 Å². The maximum Gasteiger partial charge on any atom is 0.410 e. The summed E-state index contributed by atoms with van der Waals surface area (Å²) in [6, 6.07) is 2.65. The van der Waals surface area contributed by atoms with Crippen molar-refractivity contribution >= 4 is 18.1 Å². The van der Waals surface area contributed by atoms with Gasteiger partial charge in [0.25, 0.3) is 5.91 Å². The van der Waals surface area contributed by atoms with Gasteiger partial charge in [0, 0.05) is 25.7 Å². The van der Waals surface area contributed by atoms with Crippen LogP contribution in [0.2, 0.25) is 0 Å². The Hall–Kier alpha value is -2.37. The van der Waals surface area contributed by atoms with E-state index in [-0.39, 0.29) is 17.5 Å². The van der Waals surface area contributed by atoms with Gasteiger partial charge in [-0.05, 0) is 57.9 Å². The van der Waals surface area contributed by atoms with Gasteiger partial charge in [-0.1, -0.05) is 12.7 Å². The molecule has 0 aliphatic carbocycles. The summed E-state index contributed by atoms with van der Waals surface area (Å²) < 4.78 is 19.7. The van der Waals surface area contributed by atoms with Gasteiger partial charge in [0.1, 0.15) is 11.4 Å². The van der Waals surface area contributed by atoms with Gasteiger partial charge in [0.2, 0.25) is 0 Å². The molecule has 1 aliphatic rings. The van der Waals surface area contributed by atoms with Crippen molar-refractivity contribution in [1.82, 2.24) is 9.80 Å². The van der Waals surface area contributed by atoms with Gasteiger partial charge in [-0.15, -0.1) is 0 Å². The van der Waals surface area contributed by atoms with Crippen molar-refractivity contribution in [3.05, 3.63) is 41.2 Å². The second-order valence-corrected chi connectivity index (χ2v) is 7.67. The Morgan fingerprint density at radius 1 is 1.31 bits per heavy atom. The number of halogens is 1. The third-order valence-corrected chi connectivity index (χ3v) is 4.35. The molecule has 0 bridgehead atoms. The van der Waals surface area contributed by atoms with Crippen LogP contribution in [0.1, 0.15) is 49.2 Å². The molecule has 2 amide bonds. The number of carbonyl (C=O) groups is 2. The van der Waals surface area contributed by atoms with E-state index in [0.29, 0.717) is 19.6 Å². The molecular weight excluding hydrogens is 335 g/mol. The third-order valence-electron chi connectivity index (χ3n) is 4.35. The molecule has 1 fully saturated rings. The molecule has 1 saturated heterocycles. The summed E-state index contributed by atoms with van der Waals surface area (Å²) in [5.74, 6) is -0.915. The van der Waals surface area contributed by atoms with E-state index in [2.05, 4.69) is 6.58 Å². The third kappa shape index (κ3) is 4.42. The topological polar surface area (TPSA) is 49.9 Å². The van der Waals surface area contributed by atoms with Crippen molar-refractivity contribution < 1.29 is 18.7 Å². The first-order valence-electron chi connectivity index (χ1n) is 8.75. The van der Waals surface area contributed by atoms with Crippen molar-refractivity contribution in [1.29, 1.82) is 0 Å². The van der Waals surface area contributed by atoms with Crippen LogP contribution in [0.15, 0.2) is 18.7 Å². The summed E-state index contributed by atoms with van der Waals surface area (Å²) in [4.78, 5) is 28.2. The lowest BCUT2D eigenvalue weighted by molar-refractivity contribution is 0.00607. The highest BCUT2D eigenvalue weighted by atomic mass is 19.1. The minimum absolute atomic E-state index is 0.0306. The van der Waals surface area contributed by atoms with Crippen molar-refractivity contribution in [2.75, 3.05) is 19.6 Å². The predicted molar refractivity (Wildman–Crippen MR) is 99.5 cm³/mol. The summed E-state index contributed by atoms with van der Waals surface area (Å²) in [5.41, 5.74) is 0.925. The molecule has 142 valence electrons. The summed E-state index contributed by atoms with van der Waals surface area (Å²) in [7, 11) is 0. The standard InChI is InChI=1S/C20H27FN2O3/c1-7-15-11-16(17(21)10-13(15)2)18(24)23-9-8-22(12-14(23)3)19(25)26-20(4,5)6/h7,10-11,14H,1,8-9,12H2,2-6H3/t14-/m1/s1. The first-order chi connectivity index (χ1) is 12.0. The average Bonchev–Trinajstić information content (AvgIpc) is 2.52. The van der Waals surface area contributed by atoms with E-state index >= 15 is 0 Å². The lowest BCUT2D eigenvalue weighted by Crippen LogP contribution is -2.56. The fourth-order valence-electron chi connectivity index (χ4n) is 2.98. The average molecular weight is 362 g/mol. The molecule has 6 heteroatoms. The zero-order valence-electron chi connectivity index (χ0n) is 16.1. The Kier molecular flexibility index (Phi) is 5.74. The number of carbonyl (C=O) groups excluding carboxylic acids is 2. The van der Waals surface area contributed by atoms with Gasteiger partial charge in [0.15, 0.2) is 0 Å². The monoisotopic (exact) mass is 362 g/mol. The zero-order valence-corrected chi connectivity index (χ0v) is 16.1. The van der Waals surface area contributed by atoms with Gasteiger partial charge in [-0.25, -0.2) is 9.18 Å². The second kappa shape index (κ2) is 7.48. The highest BCUT2D eigenvalue weighted by Gasteiger charge is 2.33. The largest absolute Gasteiger partial charge is 0.444 e. The fourth-order valence-corrected chi connectivity index (χ4v) is 2.98. The van der Waals surface area contributed by atoms with E-state index in [1.54, 1.807) is 22.8 Å². The zero-order chi connectivity index (χ0) is 19.6. The molecule has 1 aliphatic heterocycles. The minimum Gasteiger partial charge on any atom is -0.444 e. The van der Waals surface area contributed by atoms with Crippen molar-refractivity contribution in [2.24, 2.45) is 0 Å². The highest BCUT2D eigenvalue weighted by Crippen LogP contribution is 2.21. The fraction of sp³-hybridized carbons (Fsp3) is 0.500. The Morgan fingerprint density at radius 3 is 2.50 bits per heavy atom. The molecular formula is C20H27FN2O3. The van der Waals surface area contributed by atoms with Crippen molar-refractivity contribution in [2.45, 2.75) is 46.3 Å². The van der Waals surface area contributed by atoms with Crippen LogP contribution in [0, 0.1) is 12.7 Å². The van der Waals surface area contributed by atoms with E-state index < -0.39 is 17.5 Å². The number of piperazine rings is 1. The Labute approximate surface area is 154 Å². The molecule has 0 aromatic heterocycles. The maximum atomic E-state index is 14.3. The number of hydrogen-bond acceptors (Lipinski definition) is 3. The van der Waals surface area contributed by atoms with Crippen LogP contribution < -0.4 is 0 Å². The summed E-state index contributed by atoms with van der Waals surface area (Å²) in [5, 5.41) is 0. The maximum absolute atomic E-state index is 14.3. The van der Waals surface area contributed by atoms with E-state index in [1.165, 1.54) is 12.1 Å².